The van der Waals surface area contributed by atoms with Crippen LogP contribution < -0.4 is 4.90 Å². The van der Waals surface area contributed by atoms with Gasteiger partial charge in [-0.05, 0) is 49.9 Å². The molecular weight excluding hydrogens is 500 g/mol. The minimum atomic E-state index is -0.814. The number of esters is 1. The second-order valence-corrected chi connectivity index (χ2v) is 11.9. The predicted octanol–water partition coefficient (Wildman–Crippen LogP) is 3.92. The smallest absolute Gasteiger partial charge is 0.310 e. The number of halogens is 1. The largest absolute Gasteiger partial charge is 0.466 e. The Morgan fingerprint density at radius 3 is 2.64 bits per heavy atom. The second-order valence-electron chi connectivity index (χ2n) is 9.90. The number of likely N-dealkylation sites (tertiary alicyclic amines) is 1. The van der Waals surface area contributed by atoms with Crippen LogP contribution in [0.2, 0.25) is 5.02 Å². The zero-order valence-electron chi connectivity index (χ0n) is 21.1. The molecule has 1 spiro atoms. The van der Waals surface area contributed by atoms with Gasteiger partial charge in [0.25, 0.3) is 5.91 Å². The van der Waals surface area contributed by atoms with Crippen LogP contribution in [0.5, 0.6) is 0 Å². The first kappa shape index (κ1) is 27.0. The van der Waals surface area contributed by atoms with Crippen molar-refractivity contribution in [2.45, 2.75) is 62.1 Å². The maximum atomic E-state index is 14.5. The van der Waals surface area contributed by atoms with Crippen LogP contribution in [0, 0.1) is 17.8 Å². The lowest BCUT2D eigenvalue weighted by Crippen LogP contribution is -2.58. The van der Waals surface area contributed by atoms with Gasteiger partial charge in [0.1, 0.15) is 6.04 Å². The molecule has 2 amide bonds. The lowest BCUT2D eigenvalue weighted by Gasteiger charge is -2.41. The first-order chi connectivity index (χ1) is 17.2. The molecule has 196 valence electrons. The molecule has 3 heterocycles. The molecule has 36 heavy (non-hydrogen) atoms. The average molecular weight is 535 g/mol. The van der Waals surface area contributed by atoms with Crippen LogP contribution in [-0.2, 0) is 19.1 Å². The molecule has 0 saturated carbocycles. The van der Waals surface area contributed by atoms with E-state index < -0.39 is 28.7 Å². The Kier molecular flexibility index (Phi) is 8.07. The summed E-state index contributed by atoms with van der Waals surface area (Å²) in [5, 5.41) is 10.9. The van der Waals surface area contributed by atoms with E-state index in [0.717, 1.165) is 12.8 Å². The predicted molar refractivity (Wildman–Crippen MR) is 142 cm³/mol. The van der Waals surface area contributed by atoms with Gasteiger partial charge in [-0.3, -0.25) is 14.4 Å². The van der Waals surface area contributed by atoms with Crippen LogP contribution in [-0.4, -0.2) is 69.6 Å². The van der Waals surface area contributed by atoms with Crippen LogP contribution in [0.25, 0.3) is 0 Å². The summed E-state index contributed by atoms with van der Waals surface area (Å²) in [5.74, 6) is -2.09. The first-order valence-electron chi connectivity index (χ1n) is 12.7. The SMILES string of the molecule is C=CCN(C(=O)C1N([C@@H](CO)[C@@H](C)CC)C(=O)[C@@H]2[C@H](C(=O)OCC)[C@@H]3CCC12S3)c1ccc(Cl)cc1. The molecule has 3 saturated heterocycles. The van der Waals surface area contributed by atoms with Crippen LogP contribution in [0.15, 0.2) is 36.9 Å². The molecular formula is C27H35ClN2O5S. The zero-order valence-corrected chi connectivity index (χ0v) is 22.6. The molecule has 9 heteroatoms. The molecule has 2 unspecified atom stereocenters. The van der Waals surface area contributed by atoms with Crippen molar-refractivity contribution in [3.8, 4) is 0 Å². The maximum Gasteiger partial charge on any atom is 0.310 e. The number of nitrogens with zero attached hydrogens (tertiary/aromatic N) is 2. The van der Waals surface area contributed by atoms with Crippen molar-refractivity contribution in [2.24, 2.45) is 17.8 Å². The monoisotopic (exact) mass is 534 g/mol. The fraction of sp³-hybridized carbons (Fsp3) is 0.593. The Hall–Kier alpha value is -2.03. The molecule has 1 aromatic carbocycles. The summed E-state index contributed by atoms with van der Waals surface area (Å²) < 4.78 is 4.64. The highest BCUT2D eigenvalue weighted by Crippen LogP contribution is 2.67. The van der Waals surface area contributed by atoms with E-state index in [-0.39, 0.29) is 48.7 Å². The number of hydrogen-bond acceptors (Lipinski definition) is 6. The van der Waals surface area contributed by atoms with Gasteiger partial charge in [0.2, 0.25) is 5.91 Å². The Morgan fingerprint density at radius 2 is 2.06 bits per heavy atom. The Labute approximate surface area is 222 Å². The quantitative estimate of drug-likeness (QED) is 0.361. The van der Waals surface area contributed by atoms with Crippen molar-refractivity contribution in [1.82, 2.24) is 4.90 Å². The average Bonchev–Trinajstić information content (AvgIpc) is 3.51. The summed E-state index contributed by atoms with van der Waals surface area (Å²) in [4.78, 5) is 44.9. The van der Waals surface area contributed by atoms with Gasteiger partial charge in [0.15, 0.2) is 0 Å². The normalized spacial score (nSPS) is 30.1. The summed E-state index contributed by atoms with van der Waals surface area (Å²) in [6, 6.07) is 5.65. The fourth-order valence-electron chi connectivity index (χ4n) is 6.27. The van der Waals surface area contributed by atoms with E-state index in [0.29, 0.717) is 17.1 Å². The van der Waals surface area contributed by atoms with Gasteiger partial charge in [0, 0.05) is 22.5 Å². The minimum Gasteiger partial charge on any atom is -0.466 e. The van der Waals surface area contributed by atoms with Crippen molar-refractivity contribution in [2.75, 3.05) is 24.7 Å². The van der Waals surface area contributed by atoms with Gasteiger partial charge in [-0.25, -0.2) is 0 Å². The second kappa shape index (κ2) is 10.8. The minimum absolute atomic E-state index is 0.0314. The number of aliphatic hydroxyl groups is 1. The van der Waals surface area contributed by atoms with Crippen molar-refractivity contribution in [1.29, 1.82) is 0 Å². The van der Waals surface area contributed by atoms with Gasteiger partial charge < -0.3 is 19.6 Å². The Balaban J connectivity index is 1.83. The number of carbonyl (C=O) groups is 3. The lowest BCUT2D eigenvalue weighted by atomic mass is 9.71. The third kappa shape index (κ3) is 4.25. The highest BCUT2D eigenvalue weighted by molar-refractivity contribution is 8.02. The number of ether oxygens (including phenoxy) is 1. The van der Waals surface area contributed by atoms with Gasteiger partial charge >= 0.3 is 5.97 Å². The molecule has 0 aliphatic carbocycles. The maximum absolute atomic E-state index is 14.5. The summed E-state index contributed by atoms with van der Waals surface area (Å²) in [6.07, 6.45) is 3.79. The van der Waals surface area contributed by atoms with E-state index in [2.05, 4.69) is 6.58 Å². The molecule has 2 bridgehead atoms. The van der Waals surface area contributed by atoms with E-state index >= 15 is 0 Å². The van der Waals surface area contributed by atoms with Crippen molar-refractivity contribution >= 4 is 46.8 Å². The number of anilines is 1. The Bertz CT molecular complexity index is 1020. The van der Waals surface area contributed by atoms with Crippen LogP contribution in [0.1, 0.15) is 40.0 Å². The summed E-state index contributed by atoms with van der Waals surface area (Å²) >= 11 is 7.69. The molecule has 0 aromatic heterocycles. The Morgan fingerprint density at radius 1 is 1.36 bits per heavy atom. The number of benzene rings is 1. The van der Waals surface area contributed by atoms with Crippen LogP contribution >= 0.6 is 23.4 Å². The molecule has 0 radical (unpaired) electrons. The number of thioether (sulfide) groups is 1. The number of fused-ring (bicyclic) bond motifs is 1. The number of rotatable bonds is 10. The van der Waals surface area contributed by atoms with E-state index in [9.17, 15) is 19.5 Å². The highest BCUT2D eigenvalue weighted by atomic mass is 35.5. The molecule has 3 fully saturated rings. The van der Waals surface area contributed by atoms with E-state index in [1.807, 2.05) is 13.8 Å². The number of carbonyl (C=O) groups excluding carboxylic acids is 3. The first-order valence-corrected chi connectivity index (χ1v) is 14.0. The molecule has 4 rings (SSSR count). The summed E-state index contributed by atoms with van der Waals surface area (Å²) in [6.45, 7) is 9.82. The van der Waals surface area contributed by atoms with Gasteiger partial charge in [-0.1, -0.05) is 37.9 Å². The molecule has 3 aliphatic heterocycles. The molecule has 3 aliphatic rings. The van der Waals surface area contributed by atoms with Crippen molar-refractivity contribution in [3.63, 3.8) is 0 Å². The topological polar surface area (TPSA) is 87.2 Å². The molecule has 7 nitrogen and oxygen atoms in total. The number of hydrogen-bond donors (Lipinski definition) is 1. The van der Waals surface area contributed by atoms with Crippen molar-refractivity contribution < 1.29 is 24.2 Å². The molecule has 1 aromatic rings. The van der Waals surface area contributed by atoms with E-state index in [4.69, 9.17) is 16.3 Å². The molecule has 1 N–H and O–H groups in total. The van der Waals surface area contributed by atoms with Gasteiger partial charge in [0.05, 0.1) is 35.8 Å². The van der Waals surface area contributed by atoms with E-state index in [1.54, 1.807) is 58.8 Å². The summed E-state index contributed by atoms with van der Waals surface area (Å²) in [7, 11) is 0. The van der Waals surface area contributed by atoms with Gasteiger partial charge in [-0.2, -0.15) is 0 Å². The number of aliphatic hydroxyl groups excluding tert-OH is 1. The van der Waals surface area contributed by atoms with E-state index in [1.165, 1.54) is 0 Å². The highest BCUT2D eigenvalue weighted by Gasteiger charge is 2.75. The third-order valence-electron chi connectivity index (χ3n) is 8.09. The lowest BCUT2D eigenvalue weighted by molar-refractivity contribution is -0.154. The van der Waals surface area contributed by atoms with Crippen molar-refractivity contribution in [3.05, 3.63) is 41.9 Å². The fourth-order valence-corrected chi connectivity index (χ4v) is 8.58. The molecule has 7 atom stereocenters. The number of amides is 2. The standard InChI is InChI=1S/C27H35ClN2O5S/c1-5-14-29(18-10-8-17(28)9-11-18)25(33)23-27-13-12-20(36-27)21(26(34)35-7-3)22(27)24(32)30(23)19(15-31)16(4)6-2/h5,8-11,16,19-23,31H,1,6-7,12-15H2,2-4H3/t16-,19-,20-,21+,22-,23?,27?/m0/s1. The van der Waals surface area contributed by atoms with Crippen LogP contribution in [0.3, 0.4) is 0 Å². The third-order valence-corrected chi connectivity index (χ3v) is 10.3. The van der Waals surface area contributed by atoms with Gasteiger partial charge in [-0.15, -0.1) is 18.3 Å². The zero-order chi connectivity index (χ0) is 26.2. The summed E-state index contributed by atoms with van der Waals surface area (Å²) in [5.41, 5.74) is 0.653. The van der Waals surface area contributed by atoms with Crippen LogP contribution in [0.4, 0.5) is 5.69 Å².